The van der Waals surface area contributed by atoms with Crippen molar-refractivity contribution in [3.63, 3.8) is 0 Å². The number of amidine groups is 1. The summed E-state index contributed by atoms with van der Waals surface area (Å²) in [5, 5.41) is 7.44. The third-order valence-electron chi connectivity index (χ3n) is 2.00. The Hall–Kier alpha value is -1.81. The second kappa shape index (κ2) is 4.81. The SMILES string of the molecule is N=C(N)c1ncccc1Sc1ccccc1. The summed E-state index contributed by atoms with van der Waals surface area (Å²) >= 11 is 1.56. The van der Waals surface area contributed by atoms with Crippen molar-refractivity contribution in [2.24, 2.45) is 5.73 Å². The molecule has 0 bridgehead atoms. The number of nitrogens with two attached hydrogens (primary N) is 1. The predicted molar refractivity (Wildman–Crippen MR) is 65.8 cm³/mol. The van der Waals surface area contributed by atoms with Gasteiger partial charge in [-0.05, 0) is 24.3 Å². The highest BCUT2D eigenvalue weighted by atomic mass is 32.2. The summed E-state index contributed by atoms with van der Waals surface area (Å²) in [5.74, 6) is -0.000897. The first-order valence-electron chi connectivity index (χ1n) is 4.79. The Bertz CT molecular complexity index is 497. The molecular formula is C12H11N3S. The number of rotatable bonds is 3. The van der Waals surface area contributed by atoms with E-state index in [0.29, 0.717) is 5.69 Å². The number of hydrogen-bond donors (Lipinski definition) is 2. The van der Waals surface area contributed by atoms with Gasteiger partial charge in [-0.1, -0.05) is 30.0 Å². The van der Waals surface area contributed by atoms with Gasteiger partial charge in [0.25, 0.3) is 0 Å². The highest BCUT2D eigenvalue weighted by molar-refractivity contribution is 7.99. The monoisotopic (exact) mass is 229 g/mol. The summed E-state index contributed by atoms with van der Waals surface area (Å²) in [6, 6.07) is 13.7. The van der Waals surface area contributed by atoms with E-state index in [1.54, 1.807) is 18.0 Å². The van der Waals surface area contributed by atoms with Gasteiger partial charge in [-0.25, -0.2) is 0 Å². The van der Waals surface area contributed by atoms with E-state index in [1.807, 2.05) is 42.5 Å². The summed E-state index contributed by atoms with van der Waals surface area (Å²) in [7, 11) is 0. The Balaban J connectivity index is 2.31. The van der Waals surface area contributed by atoms with Crippen LogP contribution in [0, 0.1) is 5.41 Å². The van der Waals surface area contributed by atoms with Gasteiger partial charge in [0.05, 0.1) is 0 Å². The Labute approximate surface area is 98.2 Å². The van der Waals surface area contributed by atoms with Crippen LogP contribution in [-0.4, -0.2) is 10.8 Å². The van der Waals surface area contributed by atoms with Crippen molar-refractivity contribution in [2.75, 3.05) is 0 Å². The van der Waals surface area contributed by atoms with Crippen LogP contribution in [0.3, 0.4) is 0 Å². The van der Waals surface area contributed by atoms with Crippen LogP contribution >= 0.6 is 11.8 Å². The van der Waals surface area contributed by atoms with Crippen LogP contribution in [-0.2, 0) is 0 Å². The van der Waals surface area contributed by atoms with Crippen LogP contribution in [0.1, 0.15) is 5.69 Å². The van der Waals surface area contributed by atoms with Gasteiger partial charge >= 0.3 is 0 Å². The van der Waals surface area contributed by atoms with Gasteiger partial charge in [-0.15, -0.1) is 0 Å². The first-order chi connectivity index (χ1) is 7.77. The van der Waals surface area contributed by atoms with Crippen molar-refractivity contribution in [3.05, 3.63) is 54.4 Å². The zero-order chi connectivity index (χ0) is 11.4. The molecule has 2 rings (SSSR count). The molecule has 0 aliphatic rings. The van der Waals surface area contributed by atoms with Crippen LogP contribution in [0.2, 0.25) is 0 Å². The maximum atomic E-state index is 7.44. The molecule has 3 N–H and O–H groups in total. The molecule has 4 heteroatoms. The number of nitrogens with zero attached hydrogens (tertiary/aromatic N) is 1. The lowest BCUT2D eigenvalue weighted by molar-refractivity contribution is 1.17. The number of hydrogen-bond acceptors (Lipinski definition) is 3. The zero-order valence-electron chi connectivity index (χ0n) is 8.55. The maximum absolute atomic E-state index is 7.44. The molecule has 0 unspecified atom stereocenters. The Morgan fingerprint density at radius 2 is 1.88 bits per heavy atom. The van der Waals surface area contributed by atoms with E-state index in [9.17, 15) is 0 Å². The topological polar surface area (TPSA) is 62.8 Å². The molecule has 0 amide bonds. The van der Waals surface area contributed by atoms with Gasteiger partial charge in [-0.2, -0.15) is 0 Å². The highest BCUT2D eigenvalue weighted by Gasteiger charge is 2.07. The van der Waals surface area contributed by atoms with Crippen molar-refractivity contribution in [1.29, 1.82) is 5.41 Å². The van der Waals surface area contributed by atoms with E-state index in [1.165, 1.54) is 0 Å². The first-order valence-corrected chi connectivity index (χ1v) is 5.61. The van der Waals surface area contributed by atoms with Gasteiger partial charge in [0, 0.05) is 16.0 Å². The molecule has 1 heterocycles. The first kappa shape index (κ1) is 10.7. The average molecular weight is 229 g/mol. The minimum atomic E-state index is -0.000897. The lowest BCUT2D eigenvalue weighted by Gasteiger charge is -2.05. The standard InChI is InChI=1S/C12H11N3S/c13-12(14)11-10(7-4-8-15-11)16-9-5-2-1-3-6-9/h1-8H,(H3,13,14). The summed E-state index contributed by atoms with van der Waals surface area (Å²) in [6.45, 7) is 0. The molecule has 0 saturated heterocycles. The molecule has 2 aromatic rings. The van der Waals surface area contributed by atoms with Crippen molar-refractivity contribution in [3.8, 4) is 0 Å². The van der Waals surface area contributed by atoms with Crippen molar-refractivity contribution < 1.29 is 0 Å². The number of nitrogen functional groups attached to an aromatic ring is 1. The lowest BCUT2D eigenvalue weighted by Crippen LogP contribution is -2.14. The number of pyridine rings is 1. The minimum Gasteiger partial charge on any atom is -0.382 e. The molecule has 0 saturated carbocycles. The fourth-order valence-electron chi connectivity index (χ4n) is 1.29. The summed E-state index contributed by atoms with van der Waals surface area (Å²) < 4.78 is 0. The van der Waals surface area contributed by atoms with Gasteiger partial charge < -0.3 is 5.73 Å². The number of nitrogens with one attached hydrogen (secondary N) is 1. The molecular weight excluding hydrogens is 218 g/mol. The molecule has 0 radical (unpaired) electrons. The van der Waals surface area contributed by atoms with E-state index < -0.39 is 0 Å². The Kier molecular flexibility index (Phi) is 3.22. The van der Waals surface area contributed by atoms with Gasteiger partial charge in [0.15, 0.2) is 0 Å². The smallest absolute Gasteiger partial charge is 0.142 e. The summed E-state index contributed by atoms with van der Waals surface area (Å²) in [4.78, 5) is 6.12. The van der Waals surface area contributed by atoms with Crippen LogP contribution in [0.25, 0.3) is 0 Å². The third-order valence-corrected chi connectivity index (χ3v) is 3.05. The molecule has 80 valence electrons. The molecule has 0 fully saturated rings. The Morgan fingerprint density at radius 3 is 2.56 bits per heavy atom. The molecule has 16 heavy (non-hydrogen) atoms. The molecule has 0 atom stereocenters. The van der Waals surface area contributed by atoms with Gasteiger partial charge in [0.1, 0.15) is 11.5 Å². The summed E-state index contributed by atoms with van der Waals surface area (Å²) in [6.07, 6.45) is 1.64. The zero-order valence-corrected chi connectivity index (χ0v) is 9.37. The van der Waals surface area contributed by atoms with Crippen LogP contribution < -0.4 is 5.73 Å². The third kappa shape index (κ3) is 2.41. The van der Waals surface area contributed by atoms with E-state index in [0.717, 1.165) is 9.79 Å². The predicted octanol–water partition coefficient (Wildman–Crippen LogP) is 2.52. The minimum absolute atomic E-state index is 0.000897. The van der Waals surface area contributed by atoms with Gasteiger partial charge in [0.2, 0.25) is 0 Å². The molecule has 1 aromatic carbocycles. The van der Waals surface area contributed by atoms with Gasteiger partial charge in [-0.3, -0.25) is 10.4 Å². The molecule has 3 nitrogen and oxygen atoms in total. The number of aromatic nitrogens is 1. The largest absolute Gasteiger partial charge is 0.382 e. The molecule has 0 aliphatic heterocycles. The quantitative estimate of drug-likeness (QED) is 0.628. The fourth-order valence-corrected chi connectivity index (χ4v) is 2.24. The summed E-state index contributed by atoms with van der Waals surface area (Å²) in [5.41, 5.74) is 6.01. The highest BCUT2D eigenvalue weighted by Crippen LogP contribution is 2.28. The lowest BCUT2D eigenvalue weighted by atomic mass is 10.3. The Morgan fingerprint density at radius 1 is 1.12 bits per heavy atom. The van der Waals surface area contributed by atoms with Crippen LogP contribution in [0.5, 0.6) is 0 Å². The van der Waals surface area contributed by atoms with Crippen molar-refractivity contribution in [2.45, 2.75) is 9.79 Å². The molecule has 1 aromatic heterocycles. The fraction of sp³-hybridized carbons (Fsp3) is 0. The van der Waals surface area contributed by atoms with Crippen molar-refractivity contribution in [1.82, 2.24) is 4.98 Å². The van der Waals surface area contributed by atoms with Crippen molar-refractivity contribution >= 4 is 17.6 Å². The van der Waals surface area contributed by atoms with Crippen LogP contribution in [0.4, 0.5) is 0 Å². The van der Waals surface area contributed by atoms with E-state index in [2.05, 4.69) is 4.98 Å². The van der Waals surface area contributed by atoms with E-state index in [-0.39, 0.29) is 5.84 Å². The average Bonchev–Trinajstić information content (AvgIpc) is 2.31. The van der Waals surface area contributed by atoms with E-state index in [4.69, 9.17) is 11.1 Å². The van der Waals surface area contributed by atoms with E-state index >= 15 is 0 Å². The maximum Gasteiger partial charge on any atom is 0.142 e. The second-order valence-corrected chi connectivity index (χ2v) is 4.29. The number of benzene rings is 1. The molecule has 0 spiro atoms. The second-order valence-electron chi connectivity index (χ2n) is 3.18. The normalized spacial score (nSPS) is 10.0. The van der Waals surface area contributed by atoms with Crippen LogP contribution in [0.15, 0.2) is 58.5 Å². The molecule has 0 aliphatic carbocycles.